The van der Waals surface area contributed by atoms with Crippen LogP contribution in [0.25, 0.3) is 0 Å². The molecule has 1 aromatic carbocycles. The molecule has 1 N–H and O–H groups in total. The van der Waals surface area contributed by atoms with Gasteiger partial charge in [0.05, 0.1) is 12.7 Å². The predicted octanol–water partition coefficient (Wildman–Crippen LogP) is 4.06. The number of alkyl halides is 3. The van der Waals surface area contributed by atoms with Crippen LogP contribution in [-0.4, -0.2) is 76.5 Å². The van der Waals surface area contributed by atoms with Crippen molar-refractivity contribution in [2.75, 3.05) is 31.1 Å². The Bertz CT molecular complexity index is 910. The van der Waals surface area contributed by atoms with Gasteiger partial charge in [-0.3, -0.25) is 4.90 Å². The minimum absolute atomic E-state index is 0.298. The maximum Gasteiger partial charge on any atom is 0.490 e. The topological polar surface area (TPSA) is 78.8 Å². The van der Waals surface area contributed by atoms with E-state index in [1.165, 1.54) is 5.56 Å². The van der Waals surface area contributed by atoms with E-state index in [1.807, 2.05) is 24.4 Å². The number of morpholine rings is 1. The van der Waals surface area contributed by atoms with Crippen molar-refractivity contribution in [3.63, 3.8) is 0 Å². The molecule has 2 saturated heterocycles. The molecule has 1 aromatic heterocycles. The number of carbonyl (C=O) groups is 1. The number of rotatable bonds is 4. The van der Waals surface area contributed by atoms with E-state index in [9.17, 15) is 13.2 Å². The molecule has 2 fully saturated rings. The average molecular weight is 501 g/mol. The Morgan fingerprint density at radius 1 is 1.21 bits per heavy atom. The first-order valence-electron chi connectivity index (χ1n) is 11.1. The summed E-state index contributed by atoms with van der Waals surface area (Å²) in [6.45, 7) is 6.08. The number of aromatic nitrogens is 2. The first kappa shape index (κ1) is 26.2. The van der Waals surface area contributed by atoms with Gasteiger partial charge >= 0.3 is 12.1 Å². The van der Waals surface area contributed by atoms with Gasteiger partial charge in [-0.25, -0.2) is 14.8 Å². The fourth-order valence-corrected chi connectivity index (χ4v) is 4.41. The lowest BCUT2D eigenvalue weighted by Crippen LogP contribution is -2.56. The number of ether oxygens (including phenoxy) is 1. The van der Waals surface area contributed by atoms with E-state index in [4.69, 9.17) is 26.2 Å². The van der Waals surface area contributed by atoms with Crippen molar-refractivity contribution in [2.24, 2.45) is 0 Å². The van der Waals surface area contributed by atoms with Crippen molar-refractivity contribution in [3.8, 4) is 0 Å². The van der Waals surface area contributed by atoms with Gasteiger partial charge in [0.25, 0.3) is 0 Å². The smallest absolute Gasteiger partial charge is 0.475 e. The second-order valence-electron chi connectivity index (χ2n) is 8.41. The van der Waals surface area contributed by atoms with Crippen LogP contribution in [-0.2, 0) is 16.0 Å². The Morgan fingerprint density at radius 2 is 1.85 bits per heavy atom. The van der Waals surface area contributed by atoms with Crippen molar-refractivity contribution in [2.45, 2.75) is 50.6 Å². The highest BCUT2D eigenvalue weighted by molar-refractivity contribution is 6.30. The van der Waals surface area contributed by atoms with Crippen molar-refractivity contribution in [3.05, 3.63) is 53.4 Å². The van der Waals surface area contributed by atoms with Gasteiger partial charge in [-0.1, -0.05) is 23.7 Å². The zero-order chi connectivity index (χ0) is 24.7. The van der Waals surface area contributed by atoms with E-state index in [-0.39, 0.29) is 0 Å². The summed E-state index contributed by atoms with van der Waals surface area (Å²) in [4.78, 5) is 22.4. The first-order chi connectivity index (χ1) is 16.1. The third-order valence-electron chi connectivity index (χ3n) is 5.96. The van der Waals surface area contributed by atoms with E-state index in [0.29, 0.717) is 18.2 Å². The highest BCUT2D eigenvalue weighted by Gasteiger charge is 2.38. The van der Waals surface area contributed by atoms with Crippen LogP contribution in [0.4, 0.5) is 19.0 Å². The molecule has 0 unspecified atom stereocenters. The number of hydrogen-bond acceptors (Lipinski definition) is 6. The molecule has 0 radical (unpaired) electrons. The lowest BCUT2D eigenvalue weighted by molar-refractivity contribution is -0.192. The minimum Gasteiger partial charge on any atom is -0.475 e. The second kappa shape index (κ2) is 11.8. The van der Waals surface area contributed by atoms with Crippen LogP contribution >= 0.6 is 11.6 Å². The predicted molar refractivity (Wildman–Crippen MR) is 122 cm³/mol. The molecule has 3 heterocycles. The third-order valence-corrected chi connectivity index (χ3v) is 6.21. The van der Waals surface area contributed by atoms with E-state index < -0.39 is 12.1 Å². The number of halogens is 4. The maximum atomic E-state index is 10.6. The standard InChI is InChI=1S/C21H27ClN4O.C2HF3O2/c1-16-13-26(20(14-27-16)12-17-2-4-18(22)5-3-17)19-7-10-25(11-8-19)21-6-9-23-15-24-21;3-2(4,5)1(6)7/h2-6,9,15-16,19-20H,7-8,10-14H2,1H3;(H,6,7)/t16-,20-;/m0./s1. The largest absolute Gasteiger partial charge is 0.490 e. The number of hydrogen-bond donors (Lipinski definition) is 1. The van der Waals surface area contributed by atoms with E-state index in [1.54, 1.807) is 6.33 Å². The quantitative estimate of drug-likeness (QED) is 0.678. The summed E-state index contributed by atoms with van der Waals surface area (Å²) < 4.78 is 37.7. The molecular weight excluding hydrogens is 473 g/mol. The van der Waals surface area contributed by atoms with Crippen molar-refractivity contribution in [1.82, 2.24) is 14.9 Å². The molecule has 34 heavy (non-hydrogen) atoms. The molecule has 0 spiro atoms. The number of piperidine rings is 1. The summed E-state index contributed by atoms with van der Waals surface area (Å²) in [6, 6.07) is 11.3. The fourth-order valence-electron chi connectivity index (χ4n) is 4.28. The molecule has 7 nitrogen and oxygen atoms in total. The molecule has 186 valence electrons. The van der Waals surface area contributed by atoms with Crippen molar-refractivity contribution in [1.29, 1.82) is 0 Å². The van der Waals surface area contributed by atoms with Gasteiger partial charge in [-0.15, -0.1) is 0 Å². The van der Waals surface area contributed by atoms with Crippen LogP contribution in [0.3, 0.4) is 0 Å². The molecule has 2 atom stereocenters. The van der Waals surface area contributed by atoms with Crippen LogP contribution < -0.4 is 4.90 Å². The maximum absolute atomic E-state index is 10.6. The summed E-state index contributed by atoms with van der Waals surface area (Å²) in [5.74, 6) is -1.72. The van der Waals surface area contributed by atoms with Crippen LogP contribution in [0.15, 0.2) is 42.9 Å². The lowest BCUT2D eigenvalue weighted by atomic mass is 9.96. The summed E-state index contributed by atoms with van der Waals surface area (Å²) >= 11 is 6.04. The highest BCUT2D eigenvalue weighted by atomic mass is 35.5. The van der Waals surface area contributed by atoms with Crippen LogP contribution in [0, 0.1) is 0 Å². The third kappa shape index (κ3) is 7.54. The molecule has 11 heteroatoms. The molecule has 2 aliphatic rings. The van der Waals surface area contributed by atoms with E-state index >= 15 is 0 Å². The summed E-state index contributed by atoms with van der Waals surface area (Å²) in [5.41, 5.74) is 1.32. The molecule has 2 aliphatic heterocycles. The van der Waals surface area contributed by atoms with Crippen LogP contribution in [0.2, 0.25) is 5.02 Å². The Hall–Kier alpha value is -2.43. The SMILES string of the molecule is C[C@H]1CN(C2CCN(c3ccncn3)CC2)[C@@H](Cc2ccc(Cl)cc2)CO1.O=C(O)C(F)(F)F. The number of benzene rings is 1. The Labute approximate surface area is 201 Å². The van der Waals surface area contributed by atoms with Crippen LogP contribution in [0.1, 0.15) is 25.3 Å². The zero-order valence-corrected chi connectivity index (χ0v) is 19.5. The molecule has 0 amide bonds. The van der Waals surface area contributed by atoms with Crippen molar-refractivity contribution < 1.29 is 27.8 Å². The van der Waals surface area contributed by atoms with Gasteiger partial charge < -0.3 is 14.7 Å². The molecule has 4 rings (SSSR count). The van der Waals surface area contributed by atoms with Crippen molar-refractivity contribution >= 4 is 23.4 Å². The number of nitrogens with zero attached hydrogens (tertiary/aromatic N) is 4. The Morgan fingerprint density at radius 3 is 2.41 bits per heavy atom. The molecule has 0 bridgehead atoms. The number of aliphatic carboxylic acids is 1. The number of carboxylic acid groups (broad SMARTS) is 1. The van der Waals surface area contributed by atoms with Gasteiger partial charge in [0, 0.05) is 42.9 Å². The Balaban J connectivity index is 0.000000406. The Kier molecular flexibility index (Phi) is 9.10. The minimum atomic E-state index is -5.08. The van der Waals surface area contributed by atoms with E-state index in [2.05, 4.69) is 38.8 Å². The zero-order valence-electron chi connectivity index (χ0n) is 18.8. The van der Waals surface area contributed by atoms with E-state index in [0.717, 1.165) is 56.3 Å². The molecule has 0 saturated carbocycles. The number of anilines is 1. The second-order valence-corrected chi connectivity index (χ2v) is 8.85. The van der Waals surface area contributed by atoms with Gasteiger partial charge in [0.1, 0.15) is 12.1 Å². The van der Waals surface area contributed by atoms with Gasteiger partial charge in [0.2, 0.25) is 0 Å². The highest BCUT2D eigenvalue weighted by Crippen LogP contribution is 2.26. The summed E-state index contributed by atoms with van der Waals surface area (Å²) in [7, 11) is 0. The monoisotopic (exact) mass is 500 g/mol. The molecule has 0 aliphatic carbocycles. The van der Waals surface area contributed by atoms with Gasteiger partial charge in [-0.2, -0.15) is 13.2 Å². The lowest BCUT2D eigenvalue weighted by Gasteiger charge is -2.46. The number of carboxylic acids is 1. The molecular formula is C23H28ClF3N4O3. The van der Waals surface area contributed by atoms with Gasteiger partial charge in [0.15, 0.2) is 0 Å². The first-order valence-corrected chi connectivity index (χ1v) is 11.4. The normalized spacial score (nSPS) is 22.1. The van der Waals surface area contributed by atoms with Gasteiger partial charge in [-0.05, 0) is 49.9 Å². The molecule has 2 aromatic rings. The summed E-state index contributed by atoms with van der Waals surface area (Å²) in [5, 5.41) is 7.92. The van der Waals surface area contributed by atoms with Crippen LogP contribution in [0.5, 0.6) is 0 Å². The fraction of sp³-hybridized carbons (Fsp3) is 0.522. The summed E-state index contributed by atoms with van der Waals surface area (Å²) in [6.07, 6.45) is 2.00. The average Bonchev–Trinajstić information content (AvgIpc) is 2.82.